The second-order valence-corrected chi connectivity index (χ2v) is 9.38. The minimum atomic E-state index is -0.680. The summed E-state index contributed by atoms with van der Waals surface area (Å²) in [5.74, 6) is 0.279. The summed E-state index contributed by atoms with van der Waals surface area (Å²) in [5, 5.41) is 6.44. The van der Waals surface area contributed by atoms with Gasteiger partial charge in [-0.25, -0.2) is 4.98 Å². The van der Waals surface area contributed by atoms with E-state index in [1.807, 2.05) is 30.3 Å². The van der Waals surface area contributed by atoms with Crippen molar-refractivity contribution >= 4 is 22.7 Å². The number of nitrogens with zero attached hydrogens (tertiary/aromatic N) is 2. The van der Waals surface area contributed by atoms with Crippen molar-refractivity contribution < 1.29 is 9.59 Å². The molecule has 2 heterocycles. The van der Waals surface area contributed by atoms with E-state index in [9.17, 15) is 14.4 Å². The Morgan fingerprint density at radius 1 is 1.03 bits per heavy atom. The van der Waals surface area contributed by atoms with Crippen LogP contribution in [0.3, 0.4) is 0 Å². The van der Waals surface area contributed by atoms with Crippen molar-refractivity contribution in [2.75, 3.05) is 0 Å². The third kappa shape index (κ3) is 5.03. The van der Waals surface area contributed by atoms with Crippen molar-refractivity contribution in [1.82, 2.24) is 20.2 Å². The van der Waals surface area contributed by atoms with E-state index < -0.39 is 6.04 Å². The van der Waals surface area contributed by atoms with Gasteiger partial charge in [0.1, 0.15) is 11.9 Å². The molecule has 7 heteroatoms. The molecule has 2 aliphatic rings. The molecule has 0 bridgehead atoms. The Hall–Kier alpha value is -3.48. The van der Waals surface area contributed by atoms with Gasteiger partial charge in [0.25, 0.3) is 11.5 Å². The third-order valence-electron chi connectivity index (χ3n) is 6.66. The van der Waals surface area contributed by atoms with Gasteiger partial charge in [0.2, 0.25) is 5.91 Å². The van der Waals surface area contributed by atoms with Gasteiger partial charge < -0.3 is 10.6 Å². The highest BCUT2D eigenvalue weighted by Crippen LogP contribution is 2.20. The van der Waals surface area contributed by atoms with Gasteiger partial charge in [-0.1, -0.05) is 43.2 Å². The average Bonchev–Trinajstić information content (AvgIpc) is 3.64. The van der Waals surface area contributed by atoms with Crippen molar-refractivity contribution in [3.8, 4) is 0 Å². The van der Waals surface area contributed by atoms with Crippen molar-refractivity contribution in [2.24, 2.45) is 0 Å². The predicted octanol–water partition coefficient (Wildman–Crippen LogP) is 3.13. The molecule has 2 N–H and O–H groups in total. The summed E-state index contributed by atoms with van der Waals surface area (Å²) < 4.78 is 1.79. The third-order valence-corrected chi connectivity index (χ3v) is 6.66. The minimum Gasteiger partial charge on any atom is -0.352 e. The summed E-state index contributed by atoms with van der Waals surface area (Å²) in [5.41, 5.74) is 1.86. The first-order valence-corrected chi connectivity index (χ1v) is 12.3. The topological polar surface area (TPSA) is 93.1 Å². The fourth-order valence-corrected chi connectivity index (χ4v) is 4.57. The van der Waals surface area contributed by atoms with Gasteiger partial charge in [0, 0.05) is 31.0 Å². The number of aromatic nitrogens is 2. The molecule has 1 atom stereocenters. The van der Waals surface area contributed by atoms with E-state index in [0.717, 1.165) is 56.3 Å². The van der Waals surface area contributed by atoms with Crippen LogP contribution in [-0.4, -0.2) is 33.4 Å². The second-order valence-electron chi connectivity index (χ2n) is 9.38. The van der Waals surface area contributed by atoms with Crippen LogP contribution in [0.4, 0.5) is 0 Å². The Kier molecular flexibility index (Phi) is 6.43. The van der Waals surface area contributed by atoms with Crippen LogP contribution in [0.1, 0.15) is 60.3 Å². The number of aryl methyl sites for hydroxylation is 1. The fraction of sp³-hybridized carbons (Fsp3) is 0.407. The molecule has 1 fully saturated rings. The molecule has 1 aliphatic heterocycles. The van der Waals surface area contributed by atoms with Crippen LogP contribution in [0, 0.1) is 0 Å². The highest BCUT2D eigenvalue weighted by molar-refractivity contribution is 6.00. The smallest absolute Gasteiger partial charge is 0.261 e. The van der Waals surface area contributed by atoms with E-state index in [1.165, 1.54) is 0 Å². The number of amides is 2. The molecule has 2 aromatic carbocycles. The fourth-order valence-electron chi connectivity index (χ4n) is 4.57. The summed E-state index contributed by atoms with van der Waals surface area (Å²) in [6.45, 7) is 0.691. The van der Waals surface area contributed by atoms with Crippen LogP contribution < -0.4 is 16.2 Å². The summed E-state index contributed by atoms with van der Waals surface area (Å²) >= 11 is 0. The van der Waals surface area contributed by atoms with Crippen LogP contribution >= 0.6 is 0 Å². The van der Waals surface area contributed by atoms with Gasteiger partial charge in [0.15, 0.2) is 0 Å². The molecule has 2 amide bonds. The van der Waals surface area contributed by atoms with E-state index in [4.69, 9.17) is 4.98 Å². The molecule has 0 spiro atoms. The monoisotopic (exact) mass is 458 g/mol. The van der Waals surface area contributed by atoms with Gasteiger partial charge in [-0.3, -0.25) is 19.0 Å². The maximum atomic E-state index is 13.2. The highest BCUT2D eigenvalue weighted by atomic mass is 16.2. The Balaban J connectivity index is 1.40. The maximum absolute atomic E-state index is 13.2. The Bertz CT molecular complexity index is 1260. The number of nitrogens with one attached hydrogen (secondary N) is 2. The van der Waals surface area contributed by atoms with Gasteiger partial charge in [-0.2, -0.15) is 0 Å². The second kappa shape index (κ2) is 9.79. The van der Waals surface area contributed by atoms with Gasteiger partial charge in [0.05, 0.1) is 10.9 Å². The lowest BCUT2D eigenvalue weighted by Crippen LogP contribution is -2.48. The summed E-state index contributed by atoms with van der Waals surface area (Å²) in [4.78, 5) is 43.8. The summed E-state index contributed by atoms with van der Waals surface area (Å²) in [6.07, 6.45) is 7.39. The van der Waals surface area contributed by atoms with Crippen LogP contribution in [0.25, 0.3) is 10.9 Å². The van der Waals surface area contributed by atoms with Crippen LogP contribution in [0.5, 0.6) is 0 Å². The molecule has 1 aromatic heterocycles. The van der Waals surface area contributed by atoms with Crippen molar-refractivity contribution in [3.63, 3.8) is 0 Å². The molecule has 34 heavy (non-hydrogen) atoms. The van der Waals surface area contributed by atoms with Crippen molar-refractivity contribution in [2.45, 2.75) is 70.0 Å². The zero-order valence-corrected chi connectivity index (χ0v) is 19.3. The SMILES string of the molecule is O=C(NC(Cc1ccccc1)C(=O)NC1CC1)c1ccc2c(=O)n3c(nc2c1)CCCCCC3. The number of fused-ring (bicyclic) bond motifs is 2. The zero-order valence-electron chi connectivity index (χ0n) is 19.3. The van der Waals surface area contributed by atoms with Crippen LogP contribution in [0.15, 0.2) is 53.3 Å². The first-order chi connectivity index (χ1) is 16.6. The molecule has 1 saturated carbocycles. The Labute approximate surface area is 198 Å². The van der Waals surface area contributed by atoms with E-state index in [-0.39, 0.29) is 23.4 Å². The standard InChI is InChI=1S/C27H30N4O3/c32-25(30-23(26(33)28-20-12-13-20)16-18-8-4-3-5-9-18)19-11-14-21-22(17-19)29-24-10-6-1-2-7-15-31(24)27(21)34/h3-5,8-9,11,14,17,20,23H,1-2,6-7,10,12-13,15-16H2,(H,28,33)(H,30,32). The predicted molar refractivity (Wildman–Crippen MR) is 131 cm³/mol. The number of hydrogen-bond acceptors (Lipinski definition) is 4. The van der Waals surface area contributed by atoms with E-state index in [2.05, 4.69) is 10.6 Å². The summed E-state index contributed by atoms with van der Waals surface area (Å²) in [7, 11) is 0. The van der Waals surface area contributed by atoms with Gasteiger partial charge >= 0.3 is 0 Å². The summed E-state index contributed by atoms with van der Waals surface area (Å²) in [6, 6.07) is 14.2. The van der Waals surface area contributed by atoms with E-state index in [1.54, 1.807) is 22.8 Å². The largest absolute Gasteiger partial charge is 0.352 e. The number of rotatable bonds is 6. The molecule has 0 saturated heterocycles. The van der Waals surface area contributed by atoms with Crippen molar-refractivity contribution in [3.05, 3.63) is 75.8 Å². The van der Waals surface area contributed by atoms with E-state index in [0.29, 0.717) is 29.4 Å². The Morgan fingerprint density at radius 3 is 2.62 bits per heavy atom. The molecule has 1 aliphatic carbocycles. The van der Waals surface area contributed by atoms with Crippen LogP contribution in [-0.2, 0) is 24.2 Å². The van der Waals surface area contributed by atoms with Gasteiger partial charge in [-0.05, 0) is 49.4 Å². The minimum absolute atomic E-state index is 0.0420. The lowest BCUT2D eigenvalue weighted by atomic mass is 10.0. The molecule has 176 valence electrons. The lowest BCUT2D eigenvalue weighted by Gasteiger charge is -2.19. The molecule has 5 rings (SSSR count). The number of hydrogen-bond donors (Lipinski definition) is 2. The number of carbonyl (C=O) groups excluding carboxylic acids is 2. The first-order valence-electron chi connectivity index (χ1n) is 12.3. The molecule has 3 aromatic rings. The average molecular weight is 459 g/mol. The number of carbonyl (C=O) groups is 2. The quantitative estimate of drug-likeness (QED) is 0.594. The van der Waals surface area contributed by atoms with Crippen LogP contribution in [0.2, 0.25) is 0 Å². The molecule has 7 nitrogen and oxygen atoms in total. The molecular formula is C27H30N4O3. The van der Waals surface area contributed by atoms with Gasteiger partial charge in [-0.15, -0.1) is 0 Å². The lowest BCUT2D eigenvalue weighted by molar-refractivity contribution is -0.123. The Morgan fingerprint density at radius 2 is 1.82 bits per heavy atom. The normalized spacial score (nSPS) is 16.7. The van der Waals surface area contributed by atoms with E-state index >= 15 is 0 Å². The first kappa shape index (κ1) is 22.3. The molecular weight excluding hydrogens is 428 g/mol. The molecule has 0 radical (unpaired) electrons. The molecule has 1 unspecified atom stereocenters. The number of benzene rings is 2. The highest BCUT2D eigenvalue weighted by Gasteiger charge is 2.29. The zero-order chi connectivity index (χ0) is 23.5. The maximum Gasteiger partial charge on any atom is 0.261 e. The van der Waals surface area contributed by atoms with Crippen molar-refractivity contribution in [1.29, 1.82) is 0 Å².